The fraction of sp³-hybridized carbons (Fsp3) is 0.261. The van der Waals surface area contributed by atoms with Crippen LogP contribution in [-0.4, -0.2) is 30.3 Å². The maximum absolute atomic E-state index is 13.7. The van der Waals surface area contributed by atoms with Crippen molar-refractivity contribution in [3.05, 3.63) is 75.6 Å². The number of para-hydroxylation sites is 2. The number of carbonyl (C=O) groups is 2. The summed E-state index contributed by atoms with van der Waals surface area (Å²) in [7, 11) is 1.68. The summed E-state index contributed by atoms with van der Waals surface area (Å²) in [6.45, 7) is 2.39. The van der Waals surface area contributed by atoms with Crippen molar-refractivity contribution < 1.29 is 14.0 Å². The Morgan fingerprint density at radius 3 is 2.52 bits per heavy atom. The molecule has 0 fully saturated rings. The van der Waals surface area contributed by atoms with Crippen molar-refractivity contribution in [1.29, 1.82) is 0 Å². The largest absolute Gasteiger partial charge is 0.450 e. The van der Waals surface area contributed by atoms with Crippen molar-refractivity contribution in [2.75, 3.05) is 18.5 Å². The summed E-state index contributed by atoms with van der Waals surface area (Å²) in [6, 6.07) is 14.2. The number of fused-ring (bicyclic) bond motifs is 5. The molecule has 3 heterocycles. The lowest BCUT2D eigenvalue weighted by atomic mass is 9.84. The molecule has 0 N–H and O–H groups in total. The van der Waals surface area contributed by atoms with E-state index in [1.54, 1.807) is 31.3 Å². The highest BCUT2D eigenvalue weighted by molar-refractivity contribution is 6.16. The molecule has 0 bridgehead atoms. The van der Waals surface area contributed by atoms with Gasteiger partial charge < -0.3 is 14.2 Å². The van der Waals surface area contributed by atoms with E-state index in [0.29, 0.717) is 35.2 Å². The first kappa shape index (κ1) is 17.7. The average molecular weight is 388 g/mol. The van der Waals surface area contributed by atoms with E-state index in [4.69, 9.17) is 4.42 Å². The highest BCUT2D eigenvalue weighted by atomic mass is 16.3. The Bertz CT molecular complexity index is 1250. The Morgan fingerprint density at radius 2 is 1.72 bits per heavy atom. The molecule has 1 spiro atoms. The zero-order valence-electron chi connectivity index (χ0n) is 16.3. The van der Waals surface area contributed by atoms with Crippen LogP contribution in [0, 0.1) is 0 Å². The van der Waals surface area contributed by atoms with Gasteiger partial charge in [0.2, 0.25) is 5.76 Å². The minimum atomic E-state index is -1.47. The minimum absolute atomic E-state index is 0.0248. The van der Waals surface area contributed by atoms with Gasteiger partial charge in [0.1, 0.15) is 5.58 Å². The molecule has 2 aliphatic heterocycles. The topological polar surface area (TPSA) is 70.8 Å². The SMILES string of the molecule is CCCCN1C(=O)c2oc3ccccc3c(=O)c2C12C(=O)N(C)c1ccccc12. The van der Waals surface area contributed by atoms with Crippen LogP contribution in [0.3, 0.4) is 0 Å². The second-order valence-electron chi connectivity index (χ2n) is 7.53. The second-order valence-corrected chi connectivity index (χ2v) is 7.53. The van der Waals surface area contributed by atoms with Crippen LogP contribution < -0.4 is 10.3 Å². The third-order valence-corrected chi connectivity index (χ3v) is 6.01. The van der Waals surface area contributed by atoms with Crippen molar-refractivity contribution in [3.63, 3.8) is 0 Å². The fourth-order valence-corrected chi connectivity index (χ4v) is 4.66. The first-order chi connectivity index (χ1) is 14.0. The molecule has 0 aliphatic carbocycles. The number of rotatable bonds is 3. The summed E-state index contributed by atoms with van der Waals surface area (Å²) >= 11 is 0. The molecule has 1 atom stereocenters. The summed E-state index contributed by atoms with van der Waals surface area (Å²) < 4.78 is 5.93. The Balaban J connectivity index is 1.93. The summed E-state index contributed by atoms with van der Waals surface area (Å²) in [4.78, 5) is 43.8. The van der Waals surface area contributed by atoms with E-state index in [1.807, 2.05) is 31.2 Å². The molecule has 3 aromatic rings. The lowest BCUT2D eigenvalue weighted by Gasteiger charge is -2.33. The van der Waals surface area contributed by atoms with E-state index in [0.717, 1.165) is 6.42 Å². The quantitative estimate of drug-likeness (QED) is 0.690. The lowest BCUT2D eigenvalue weighted by molar-refractivity contribution is -0.125. The van der Waals surface area contributed by atoms with E-state index in [-0.39, 0.29) is 22.7 Å². The highest BCUT2D eigenvalue weighted by Crippen LogP contribution is 2.52. The van der Waals surface area contributed by atoms with Gasteiger partial charge in [-0.05, 0) is 24.6 Å². The standard InChI is InChI=1S/C23H20N2O4/c1-3-4-13-25-21(27)20-18(19(26)14-9-5-8-12-17(14)29-20)23(25)15-10-6-7-11-16(15)24(2)22(23)28/h5-12H,3-4,13H2,1-2H3. The van der Waals surface area contributed by atoms with Crippen LogP contribution in [-0.2, 0) is 10.3 Å². The third-order valence-electron chi connectivity index (χ3n) is 6.01. The van der Waals surface area contributed by atoms with Gasteiger partial charge in [-0.1, -0.05) is 43.7 Å². The first-order valence-electron chi connectivity index (χ1n) is 9.79. The van der Waals surface area contributed by atoms with E-state index in [2.05, 4.69) is 0 Å². The zero-order valence-corrected chi connectivity index (χ0v) is 16.3. The van der Waals surface area contributed by atoms with Gasteiger partial charge in [0.25, 0.3) is 11.8 Å². The highest BCUT2D eigenvalue weighted by Gasteiger charge is 2.64. The Kier molecular flexibility index (Phi) is 3.68. The number of anilines is 1. The number of carbonyl (C=O) groups excluding carboxylic acids is 2. The van der Waals surface area contributed by atoms with Gasteiger partial charge in [-0.3, -0.25) is 14.4 Å². The number of unbranched alkanes of at least 4 members (excludes halogenated alkanes) is 1. The van der Waals surface area contributed by atoms with Crippen molar-refractivity contribution >= 4 is 28.5 Å². The smallest absolute Gasteiger partial charge is 0.291 e. The summed E-state index contributed by atoms with van der Waals surface area (Å²) in [5.41, 5.74) is 0.0405. The van der Waals surface area contributed by atoms with Crippen LogP contribution in [0.25, 0.3) is 11.0 Å². The molecule has 6 nitrogen and oxygen atoms in total. The van der Waals surface area contributed by atoms with Crippen molar-refractivity contribution in [2.24, 2.45) is 0 Å². The molecule has 2 aliphatic rings. The maximum atomic E-state index is 13.7. The summed E-state index contributed by atoms with van der Waals surface area (Å²) in [6.07, 6.45) is 1.57. The molecule has 0 saturated heterocycles. The van der Waals surface area contributed by atoms with Gasteiger partial charge in [-0.2, -0.15) is 0 Å². The van der Waals surface area contributed by atoms with Gasteiger partial charge in [0.05, 0.1) is 10.9 Å². The van der Waals surface area contributed by atoms with Gasteiger partial charge in [0.15, 0.2) is 11.0 Å². The monoisotopic (exact) mass is 388 g/mol. The molecular weight excluding hydrogens is 368 g/mol. The van der Waals surface area contributed by atoms with Gasteiger partial charge in [0, 0.05) is 24.8 Å². The molecular formula is C23H20N2O4. The van der Waals surface area contributed by atoms with Crippen LogP contribution in [0.15, 0.2) is 57.7 Å². The lowest BCUT2D eigenvalue weighted by Crippen LogP contribution is -2.53. The molecule has 146 valence electrons. The van der Waals surface area contributed by atoms with Gasteiger partial charge in [-0.25, -0.2) is 0 Å². The molecule has 5 rings (SSSR count). The predicted octanol–water partition coefficient (Wildman–Crippen LogP) is 3.27. The van der Waals surface area contributed by atoms with Crippen molar-refractivity contribution in [3.8, 4) is 0 Å². The van der Waals surface area contributed by atoms with Crippen molar-refractivity contribution in [1.82, 2.24) is 4.90 Å². The van der Waals surface area contributed by atoms with E-state index in [9.17, 15) is 14.4 Å². The number of hydrogen-bond donors (Lipinski definition) is 0. The fourth-order valence-electron chi connectivity index (χ4n) is 4.66. The second kappa shape index (κ2) is 6.04. The Hall–Kier alpha value is -3.41. The zero-order chi connectivity index (χ0) is 20.3. The van der Waals surface area contributed by atoms with Gasteiger partial charge >= 0.3 is 0 Å². The molecule has 29 heavy (non-hydrogen) atoms. The number of hydrogen-bond acceptors (Lipinski definition) is 4. The normalized spacial score (nSPS) is 20.1. The summed E-state index contributed by atoms with van der Waals surface area (Å²) in [5, 5.41) is 0.371. The van der Waals surface area contributed by atoms with Crippen LogP contribution in [0.4, 0.5) is 5.69 Å². The van der Waals surface area contributed by atoms with E-state index < -0.39 is 11.4 Å². The molecule has 2 amide bonds. The molecule has 6 heteroatoms. The maximum Gasteiger partial charge on any atom is 0.291 e. The van der Waals surface area contributed by atoms with Crippen LogP contribution >= 0.6 is 0 Å². The number of nitrogens with zero attached hydrogens (tertiary/aromatic N) is 2. The molecule has 1 unspecified atom stereocenters. The molecule has 2 aromatic carbocycles. The third kappa shape index (κ3) is 2.03. The first-order valence-corrected chi connectivity index (χ1v) is 9.79. The Labute approximate surface area is 167 Å². The van der Waals surface area contributed by atoms with E-state index in [1.165, 1.54) is 9.80 Å². The molecule has 0 saturated carbocycles. The number of likely N-dealkylation sites (N-methyl/N-ethyl adjacent to an activating group) is 1. The van der Waals surface area contributed by atoms with E-state index >= 15 is 0 Å². The van der Waals surface area contributed by atoms with Crippen LogP contribution in [0.5, 0.6) is 0 Å². The minimum Gasteiger partial charge on any atom is -0.450 e. The average Bonchev–Trinajstić information content (AvgIpc) is 3.12. The summed E-state index contributed by atoms with van der Waals surface area (Å²) in [5.74, 6) is -0.734. The van der Waals surface area contributed by atoms with Crippen LogP contribution in [0.1, 0.15) is 41.4 Å². The molecule has 1 aromatic heterocycles. The molecule has 0 radical (unpaired) electrons. The Morgan fingerprint density at radius 1 is 1.00 bits per heavy atom. The number of benzene rings is 2. The van der Waals surface area contributed by atoms with Crippen LogP contribution in [0.2, 0.25) is 0 Å². The number of amides is 2. The predicted molar refractivity (Wildman–Crippen MR) is 109 cm³/mol. The van der Waals surface area contributed by atoms with Crippen molar-refractivity contribution in [2.45, 2.75) is 25.3 Å². The van der Waals surface area contributed by atoms with Gasteiger partial charge in [-0.15, -0.1) is 0 Å².